The molecule has 0 fully saturated rings. The van der Waals surface area contributed by atoms with Gasteiger partial charge in [-0.2, -0.15) is 0 Å². The Morgan fingerprint density at radius 3 is 2.66 bits per heavy atom. The summed E-state index contributed by atoms with van der Waals surface area (Å²) < 4.78 is 29.2. The molecule has 174 valence electrons. The van der Waals surface area contributed by atoms with Crippen molar-refractivity contribution in [3.05, 3.63) is 76.4 Å². The minimum Gasteiger partial charge on any atom is -0.396 e. The monoisotopic (exact) mass is 461 g/mol. The quantitative estimate of drug-likeness (QED) is 0.537. The van der Waals surface area contributed by atoms with Crippen molar-refractivity contribution in [3.8, 4) is 5.69 Å². The molecule has 1 aromatic carbocycles. The fourth-order valence-electron chi connectivity index (χ4n) is 4.31. The molecule has 4 nitrogen and oxygen atoms in total. The van der Waals surface area contributed by atoms with Gasteiger partial charge in [0.25, 0.3) is 0 Å². The molecule has 1 N–H and O–H groups in total. The summed E-state index contributed by atoms with van der Waals surface area (Å²) in [4.78, 5) is 0. The predicted octanol–water partition coefficient (Wildman–Crippen LogP) is 6.72. The number of hydrogen-bond acceptors (Lipinski definition) is 3. The molecular formula is C26H33ClFNO3. The topological polar surface area (TPSA) is 43.6 Å². The number of fused-ring (bicyclic) bond motifs is 3. The van der Waals surface area contributed by atoms with Crippen molar-refractivity contribution in [2.75, 3.05) is 13.7 Å². The Labute approximate surface area is 195 Å². The number of methoxy groups -OCH3 is 1. The van der Waals surface area contributed by atoms with E-state index in [9.17, 15) is 5.11 Å². The van der Waals surface area contributed by atoms with E-state index in [1.54, 1.807) is 17.7 Å². The van der Waals surface area contributed by atoms with E-state index < -0.39 is 11.9 Å². The molecule has 0 bridgehead atoms. The van der Waals surface area contributed by atoms with Crippen LogP contribution in [-0.4, -0.2) is 29.5 Å². The van der Waals surface area contributed by atoms with Gasteiger partial charge in [-0.25, -0.2) is 4.39 Å². The van der Waals surface area contributed by atoms with Gasteiger partial charge in [0.1, 0.15) is 11.9 Å². The van der Waals surface area contributed by atoms with Crippen molar-refractivity contribution in [1.82, 2.24) is 4.57 Å². The molecule has 2 heterocycles. The molecule has 2 aromatic rings. The minimum atomic E-state index is -0.482. The Balaban J connectivity index is 0.000000668. The molecule has 0 saturated carbocycles. The molecule has 6 heteroatoms. The van der Waals surface area contributed by atoms with Crippen LogP contribution in [0, 0.1) is 11.7 Å². The average Bonchev–Trinajstić information content (AvgIpc) is 3.21. The number of unbranched alkanes of at least 4 members (excludes halogenated alkanes) is 1. The van der Waals surface area contributed by atoms with Crippen molar-refractivity contribution >= 4 is 11.6 Å². The lowest BCUT2D eigenvalue weighted by Crippen LogP contribution is -2.31. The van der Waals surface area contributed by atoms with Gasteiger partial charge in [-0.05, 0) is 36.8 Å². The Kier molecular flexibility index (Phi) is 8.72. The fraction of sp³-hybridized carbons (Fsp3) is 0.462. The number of allylic oxidation sites excluding steroid dienone is 2. The number of aliphatic hydroxyl groups is 1. The van der Waals surface area contributed by atoms with Crippen LogP contribution in [0.3, 0.4) is 0 Å². The number of aromatic nitrogens is 1. The lowest BCUT2D eigenvalue weighted by atomic mass is 9.83. The van der Waals surface area contributed by atoms with Crippen LogP contribution in [0.15, 0.2) is 54.3 Å². The number of hydrogen-bond donors (Lipinski definition) is 1. The maximum Gasteiger partial charge on any atom is 0.149 e. The van der Waals surface area contributed by atoms with E-state index in [2.05, 4.69) is 13.8 Å². The smallest absolute Gasteiger partial charge is 0.149 e. The van der Waals surface area contributed by atoms with E-state index in [0.717, 1.165) is 11.3 Å². The fourth-order valence-corrected chi connectivity index (χ4v) is 4.52. The second-order valence-corrected chi connectivity index (χ2v) is 8.65. The predicted molar refractivity (Wildman–Crippen MR) is 127 cm³/mol. The third kappa shape index (κ3) is 5.01. The molecule has 4 rings (SSSR count). The number of aliphatic hydroxyl groups excluding tert-OH is 1. The Morgan fingerprint density at radius 1 is 1.25 bits per heavy atom. The highest BCUT2D eigenvalue weighted by atomic mass is 35.5. The third-order valence-corrected chi connectivity index (χ3v) is 6.23. The molecule has 1 aromatic heterocycles. The highest BCUT2D eigenvalue weighted by Gasteiger charge is 2.39. The largest absolute Gasteiger partial charge is 0.396 e. The summed E-state index contributed by atoms with van der Waals surface area (Å²) in [5, 5.41) is 9.91. The highest BCUT2D eigenvalue weighted by molar-refractivity contribution is 6.30. The van der Waals surface area contributed by atoms with Gasteiger partial charge in [-0.1, -0.05) is 56.5 Å². The zero-order chi connectivity index (χ0) is 23.3. The van der Waals surface area contributed by atoms with Gasteiger partial charge in [0, 0.05) is 42.8 Å². The number of halogens is 2. The number of nitrogens with zero attached hydrogens (tertiary/aromatic N) is 1. The van der Waals surface area contributed by atoms with Crippen LogP contribution >= 0.6 is 11.6 Å². The Morgan fingerprint density at radius 2 is 2.00 bits per heavy atom. The molecule has 4 atom stereocenters. The van der Waals surface area contributed by atoms with E-state index in [0.29, 0.717) is 22.7 Å². The number of benzene rings is 1. The zero-order valence-electron chi connectivity index (χ0n) is 19.2. The third-order valence-electron chi connectivity index (χ3n) is 6.01. The van der Waals surface area contributed by atoms with Crippen LogP contribution in [0.5, 0.6) is 0 Å². The van der Waals surface area contributed by atoms with E-state index in [1.807, 2.05) is 43.5 Å². The van der Waals surface area contributed by atoms with Crippen molar-refractivity contribution in [1.29, 1.82) is 0 Å². The van der Waals surface area contributed by atoms with Gasteiger partial charge < -0.3 is 19.1 Å². The van der Waals surface area contributed by atoms with E-state index in [-0.39, 0.29) is 24.7 Å². The maximum absolute atomic E-state index is 15.1. The summed E-state index contributed by atoms with van der Waals surface area (Å²) in [7, 11) is 1.67. The number of ether oxygens (including phenoxy) is 2. The van der Waals surface area contributed by atoms with Crippen LogP contribution in [0.1, 0.15) is 63.5 Å². The summed E-state index contributed by atoms with van der Waals surface area (Å²) in [5.74, 6) is -0.559. The molecule has 1 aliphatic heterocycles. The molecule has 32 heavy (non-hydrogen) atoms. The Hall–Kier alpha value is -1.92. The lowest BCUT2D eigenvalue weighted by Gasteiger charge is -2.34. The van der Waals surface area contributed by atoms with E-state index in [1.165, 1.54) is 18.9 Å². The second kappa shape index (κ2) is 11.3. The molecule has 0 spiro atoms. The van der Waals surface area contributed by atoms with Gasteiger partial charge >= 0.3 is 0 Å². The summed E-state index contributed by atoms with van der Waals surface area (Å²) >= 11 is 6.23. The minimum absolute atomic E-state index is 0.0324. The molecule has 0 radical (unpaired) electrons. The first-order valence-electron chi connectivity index (χ1n) is 11.3. The summed E-state index contributed by atoms with van der Waals surface area (Å²) in [6, 6.07) is 6.84. The van der Waals surface area contributed by atoms with Gasteiger partial charge in [0.15, 0.2) is 0 Å². The van der Waals surface area contributed by atoms with Crippen LogP contribution in [0.2, 0.25) is 5.02 Å². The maximum atomic E-state index is 15.1. The highest BCUT2D eigenvalue weighted by Crippen LogP contribution is 2.46. The van der Waals surface area contributed by atoms with Crippen molar-refractivity contribution in [2.45, 2.75) is 58.3 Å². The summed E-state index contributed by atoms with van der Waals surface area (Å²) in [6.45, 7) is 6.34. The van der Waals surface area contributed by atoms with Crippen LogP contribution < -0.4 is 0 Å². The van der Waals surface area contributed by atoms with E-state index in [4.69, 9.17) is 21.1 Å². The molecule has 4 unspecified atom stereocenters. The molecule has 0 saturated heterocycles. The summed E-state index contributed by atoms with van der Waals surface area (Å²) in [6.07, 6.45) is 9.82. The van der Waals surface area contributed by atoms with Crippen molar-refractivity contribution < 1.29 is 19.0 Å². The standard InChI is InChI=1S/C22H23ClFNO3.C4H10/c1-13-5-3-6-15(21(13)27-2)22-16-11-14(23)12-17(24)20(16)25-9-4-7-18(25)19(28-22)8-10-26;1-3-4-2/h3-7,9,11-12,15,19,21-22,26H,8,10H2,1-2H3;3-4H2,1-2H3. The normalized spacial score (nSPS) is 24.0. The van der Waals surface area contributed by atoms with Gasteiger partial charge in [0.05, 0.1) is 23.6 Å². The van der Waals surface area contributed by atoms with Crippen LogP contribution in [0.4, 0.5) is 4.39 Å². The first kappa shape index (κ1) is 24.7. The molecule has 2 aliphatic rings. The second-order valence-electron chi connectivity index (χ2n) is 8.22. The molecule has 1 aliphatic carbocycles. The molecular weight excluding hydrogens is 429 g/mol. The Bertz CT molecular complexity index is 966. The van der Waals surface area contributed by atoms with Crippen molar-refractivity contribution in [3.63, 3.8) is 0 Å². The van der Waals surface area contributed by atoms with Crippen LogP contribution in [0.25, 0.3) is 5.69 Å². The van der Waals surface area contributed by atoms with Gasteiger partial charge in [0.2, 0.25) is 0 Å². The molecule has 0 amide bonds. The van der Waals surface area contributed by atoms with Crippen LogP contribution in [-0.2, 0) is 9.47 Å². The van der Waals surface area contributed by atoms with Gasteiger partial charge in [-0.15, -0.1) is 0 Å². The van der Waals surface area contributed by atoms with Gasteiger partial charge in [-0.3, -0.25) is 0 Å². The van der Waals surface area contributed by atoms with Crippen molar-refractivity contribution in [2.24, 2.45) is 5.92 Å². The first-order chi connectivity index (χ1) is 15.5. The summed E-state index contributed by atoms with van der Waals surface area (Å²) in [5.41, 5.74) is 2.99. The zero-order valence-corrected chi connectivity index (χ0v) is 20.0. The number of rotatable bonds is 5. The van der Waals surface area contributed by atoms with E-state index >= 15 is 4.39 Å². The SMILES string of the molecule is CCCC.COC1C(C)=CC=CC1C1OC(CCO)c2cccn2-c2c(F)cc(Cl)cc21. The average molecular weight is 462 g/mol. The first-order valence-corrected chi connectivity index (χ1v) is 11.6. The lowest BCUT2D eigenvalue weighted by molar-refractivity contribution is -0.0721.